The van der Waals surface area contributed by atoms with Gasteiger partial charge in [-0.25, -0.2) is 0 Å². The van der Waals surface area contributed by atoms with E-state index < -0.39 is 29.6 Å². The Kier molecular flexibility index (Phi) is 6.72. The molecule has 0 saturated carbocycles. The topological polar surface area (TPSA) is 129 Å². The van der Waals surface area contributed by atoms with Crippen LogP contribution in [0.1, 0.15) is 56.9 Å². The van der Waals surface area contributed by atoms with Crippen LogP contribution in [0.4, 0.5) is 0 Å². The lowest BCUT2D eigenvalue weighted by molar-refractivity contribution is -0.141. The molecule has 4 aliphatic rings. The van der Waals surface area contributed by atoms with Crippen molar-refractivity contribution >= 4 is 40.1 Å². The van der Waals surface area contributed by atoms with Gasteiger partial charge in [-0.3, -0.25) is 28.9 Å². The van der Waals surface area contributed by atoms with Gasteiger partial charge in [0.15, 0.2) is 11.6 Å². The normalized spacial score (nSPS) is 25.6. The maximum absolute atomic E-state index is 13.8. The molecule has 1 fully saturated rings. The number of phenols is 1. The summed E-state index contributed by atoms with van der Waals surface area (Å²) in [6.45, 7) is 1.87. The molecule has 0 aromatic heterocycles. The van der Waals surface area contributed by atoms with E-state index in [0.29, 0.717) is 47.8 Å². The highest BCUT2D eigenvalue weighted by atomic mass is 16.4. The third-order valence-electron chi connectivity index (χ3n) is 9.17. The molecule has 1 aliphatic heterocycles. The molecule has 4 unspecified atom stereocenters. The summed E-state index contributed by atoms with van der Waals surface area (Å²) in [5, 5.41) is 20.8. The number of carbonyl (C=O) groups is 5. The highest BCUT2D eigenvalue weighted by Crippen LogP contribution is 2.56. The summed E-state index contributed by atoms with van der Waals surface area (Å²) in [6, 6.07) is 10.8. The number of carbonyl (C=O) groups excluding carboxylic acids is 4. The van der Waals surface area contributed by atoms with Crippen LogP contribution in [0.5, 0.6) is 5.75 Å². The molecule has 6 rings (SSSR count). The van der Waals surface area contributed by atoms with E-state index in [1.807, 2.05) is 24.3 Å². The third-order valence-corrected chi connectivity index (χ3v) is 9.17. The number of carboxylic acid groups (broad SMARTS) is 1. The lowest BCUT2D eigenvalue weighted by Crippen LogP contribution is -2.40. The maximum atomic E-state index is 13.8. The summed E-state index contributed by atoms with van der Waals surface area (Å²) < 4.78 is 0. The van der Waals surface area contributed by atoms with E-state index in [1.165, 1.54) is 11.0 Å². The number of hydrogen-bond acceptors (Lipinski definition) is 6. The van der Waals surface area contributed by atoms with Gasteiger partial charge in [0.05, 0.1) is 11.8 Å². The van der Waals surface area contributed by atoms with Crippen molar-refractivity contribution < 1.29 is 34.2 Å². The number of carboxylic acids is 1. The highest BCUT2D eigenvalue weighted by molar-refractivity contribution is 6.24. The Labute approximate surface area is 237 Å². The number of rotatable bonds is 7. The number of imide groups is 1. The van der Waals surface area contributed by atoms with Crippen LogP contribution in [0, 0.1) is 17.8 Å². The number of fused-ring (bicyclic) bond motifs is 4. The molecule has 41 heavy (non-hydrogen) atoms. The Bertz CT molecular complexity index is 1630. The number of nitrogens with zero attached hydrogens (tertiary/aromatic N) is 1. The van der Waals surface area contributed by atoms with Gasteiger partial charge < -0.3 is 10.2 Å². The van der Waals surface area contributed by atoms with Crippen LogP contribution in [0.3, 0.4) is 0 Å². The summed E-state index contributed by atoms with van der Waals surface area (Å²) in [7, 11) is 0. The van der Waals surface area contributed by atoms with Gasteiger partial charge in [-0.2, -0.15) is 0 Å². The van der Waals surface area contributed by atoms with Crippen molar-refractivity contribution in [1.82, 2.24) is 4.90 Å². The number of phenolic OH excluding ortho intramolecular Hbond substituents is 1. The third kappa shape index (κ3) is 4.33. The Balaban J connectivity index is 1.41. The molecule has 2 aromatic carbocycles. The predicted molar refractivity (Wildman–Crippen MR) is 150 cm³/mol. The molecule has 210 valence electrons. The molecule has 2 N–H and O–H groups in total. The van der Waals surface area contributed by atoms with Gasteiger partial charge in [0.25, 0.3) is 0 Å². The van der Waals surface area contributed by atoms with Crippen LogP contribution in [0.2, 0.25) is 0 Å². The van der Waals surface area contributed by atoms with Gasteiger partial charge in [-0.15, -0.1) is 0 Å². The fourth-order valence-electron chi connectivity index (χ4n) is 7.30. The van der Waals surface area contributed by atoms with E-state index >= 15 is 0 Å². The molecule has 2 amide bonds. The first kappa shape index (κ1) is 26.9. The molecule has 8 nitrogen and oxygen atoms in total. The van der Waals surface area contributed by atoms with Crippen LogP contribution in [0.25, 0.3) is 10.8 Å². The maximum Gasteiger partial charge on any atom is 0.303 e. The summed E-state index contributed by atoms with van der Waals surface area (Å²) >= 11 is 0. The number of unbranched alkanes of at least 4 members (excludes halogenated alkanes) is 2. The van der Waals surface area contributed by atoms with Crippen LogP contribution < -0.4 is 0 Å². The molecular formula is C33H31NO7. The second-order valence-corrected chi connectivity index (χ2v) is 11.5. The van der Waals surface area contributed by atoms with Crippen molar-refractivity contribution in [3.8, 4) is 5.75 Å². The first-order valence-electron chi connectivity index (χ1n) is 14.2. The molecular weight excluding hydrogens is 522 g/mol. The SMILES string of the molecule is CC1=CC(=O)C2=C(CC3C(=CCC4C(=O)N(CCCCCC(=O)O)C(=O)C43)C2c2ccc(O)c3ccccc23)C1=O. The van der Waals surface area contributed by atoms with Gasteiger partial charge >= 0.3 is 5.97 Å². The molecule has 0 radical (unpaired) electrons. The number of likely N-dealkylation sites (tertiary alicyclic amines) is 1. The number of hydrogen-bond donors (Lipinski definition) is 2. The van der Waals surface area contributed by atoms with Gasteiger partial charge in [-0.1, -0.05) is 48.4 Å². The minimum Gasteiger partial charge on any atom is -0.507 e. The van der Waals surface area contributed by atoms with Crippen molar-refractivity contribution in [1.29, 1.82) is 0 Å². The summed E-state index contributed by atoms with van der Waals surface area (Å²) in [4.78, 5) is 66.4. The van der Waals surface area contributed by atoms with Crippen molar-refractivity contribution in [2.75, 3.05) is 6.54 Å². The first-order valence-corrected chi connectivity index (χ1v) is 14.2. The molecule has 1 heterocycles. The highest BCUT2D eigenvalue weighted by Gasteiger charge is 2.56. The van der Waals surface area contributed by atoms with E-state index in [4.69, 9.17) is 5.11 Å². The summed E-state index contributed by atoms with van der Waals surface area (Å²) in [5.41, 5.74) is 2.84. The van der Waals surface area contributed by atoms with E-state index in [9.17, 15) is 29.1 Å². The Morgan fingerprint density at radius 3 is 2.46 bits per heavy atom. The van der Waals surface area contributed by atoms with Crippen LogP contribution in [-0.4, -0.2) is 51.0 Å². The molecule has 2 aromatic rings. The first-order chi connectivity index (χ1) is 19.7. The monoisotopic (exact) mass is 553 g/mol. The zero-order chi connectivity index (χ0) is 29.0. The largest absolute Gasteiger partial charge is 0.507 e. The van der Waals surface area contributed by atoms with E-state index in [1.54, 1.807) is 25.1 Å². The second kappa shape index (κ2) is 10.3. The van der Waals surface area contributed by atoms with Crippen molar-refractivity contribution in [3.63, 3.8) is 0 Å². The van der Waals surface area contributed by atoms with E-state index in [0.717, 1.165) is 16.5 Å². The predicted octanol–water partition coefficient (Wildman–Crippen LogP) is 4.62. The number of ketones is 2. The summed E-state index contributed by atoms with van der Waals surface area (Å²) in [5.74, 6) is -3.82. The molecule has 0 bridgehead atoms. The average Bonchev–Trinajstić information content (AvgIpc) is 3.20. The number of aliphatic carboxylic acids is 1. The fourth-order valence-corrected chi connectivity index (χ4v) is 7.30. The molecule has 8 heteroatoms. The van der Waals surface area contributed by atoms with Crippen LogP contribution >= 0.6 is 0 Å². The minimum absolute atomic E-state index is 0.0495. The van der Waals surface area contributed by atoms with Crippen LogP contribution in [0.15, 0.2) is 70.8 Å². The smallest absolute Gasteiger partial charge is 0.303 e. The molecule has 0 spiro atoms. The van der Waals surface area contributed by atoms with Crippen LogP contribution in [-0.2, 0) is 24.0 Å². The van der Waals surface area contributed by atoms with Gasteiger partial charge in [-0.05, 0) is 61.6 Å². The number of Topliss-reactive ketones (excluding diaryl/α,β-unsaturated/α-hetero) is 1. The molecule has 3 aliphatic carbocycles. The lowest BCUT2D eigenvalue weighted by atomic mass is 9.59. The second-order valence-electron chi connectivity index (χ2n) is 11.5. The lowest BCUT2D eigenvalue weighted by Gasteiger charge is -2.42. The fraction of sp³-hybridized carbons (Fsp3) is 0.364. The number of benzene rings is 2. The number of amides is 2. The van der Waals surface area contributed by atoms with Gasteiger partial charge in [0, 0.05) is 41.0 Å². The number of allylic oxidation sites excluding steroid dienone is 6. The zero-order valence-corrected chi connectivity index (χ0v) is 22.8. The Hall–Kier alpha value is -4.33. The average molecular weight is 554 g/mol. The van der Waals surface area contributed by atoms with Crippen molar-refractivity contribution in [3.05, 3.63) is 76.4 Å². The molecule has 1 saturated heterocycles. The van der Waals surface area contributed by atoms with E-state index in [-0.39, 0.29) is 48.5 Å². The van der Waals surface area contributed by atoms with Crippen molar-refractivity contribution in [2.24, 2.45) is 17.8 Å². The van der Waals surface area contributed by atoms with Crippen molar-refractivity contribution in [2.45, 2.75) is 51.4 Å². The quantitative estimate of drug-likeness (QED) is 0.222. The van der Waals surface area contributed by atoms with E-state index in [2.05, 4.69) is 0 Å². The zero-order valence-electron chi connectivity index (χ0n) is 22.8. The van der Waals surface area contributed by atoms with Gasteiger partial charge in [0.2, 0.25) is 11.8 Å². The Morgan fingerprint density at radius 1 is 0.951 bits per heavy atom. The Morgan fingerprint density at radius 2 is 1.71 bits per heavy atom. The standard InChI is InChI=1S/C33H31NO7/c1-17-15-26(36)30-24(31(17)39)16-23-21(28(30)20-12-13-25(35)19-8-5-4-7-18(19)20)10-11-22-29(23)33(41)34(32(22)40)14-6-2-3-9-27(37)38/h4-5,7-8,10,12-13,15,22-23,28-29,35H,2-3,6,9,11,14,16H2,1H3,(H,37,38). The van der Waals surface area contributed by atoms with Gasteiger partial charge in [0.1, 0.15) is 5.75 Å². The summed E-state index contributed by atoms with van der Waals surface area (Å²) in [6.07, 6.45) is 5.62. The minimum atomic E-state index is -0.870. The molecule has 4 atom stereocenters. The number of aromatic hydroxyl groups is 1.